The molecule has 1 amide bonds. The van der Waals surface area contributed by atoms with Crippen LogP contribution in [-0.4, -0.2) is 38.9 Å². The molecule has 1 N–H and O–H groups in total. The summed E-state index contributed by atoms with van der Waals surface area (Å²) in [7, 11) is -3.44. The van der Waals surface area contributed by atoms with E-state index in [0.29, 0.717) is 6.54 Å². The molecular weight excluding hydrogens is 448 g/mol. The lowest BCUT2D eigenvalue weighted by Gasteiger charge is -2.19. The number of sulfonamides is 1. The first-order valence-corrected chi connectivity index (χ1v) is 12.0. The maximum Gasteiger partial charge on any atom is 0.236 e. The average Bonchev–Trinajstić information content (AvgIpc) is 3.06. The predicted molar refractivity (Wildman–Crippen MR) is 114 cm³/mol. The highest BCUT2D eigenvalue weighted by atomic mass is 79.9. The molecule has 1 aliphatic rings. The summed E-state index contributed by atoms with van der Waals surface area (Å²) in [6.07, 6.45) is 0.727. The van der Waals surface area contributed by atoms with E-state index in [1.54, 1.807) is 0 Å². The third-order valence-electron chi connectivity index (χ3n) is 4.36. The molecule has 1 heterocycles. The van der Waals surface area contributed by atoms with E-state index in [9.17, 15) is 13.2 Å². The molecule has 27 heavy (non-hydrogen) atoms. The van der Waals surface area contributed by atoms with Crippen molar-refractivity contribution >= 4 is 49.3 Å². The van der Waals surface area contributed by atoms with Crippen LogP contribution < -0.4 is 9.62 Å². The summed E-state index contributed by atoms with van der Waals surface area (Å²) in [5, 5.41) is 2.71. The number of fused-ring (bicyclic) bond motifs is 1. The molecular formula is C19H21BrN2O3S2. The molecule has 2 aromatic carbocycles. The van der Waals surface area contributed by atoms with Crippen molar-refractivity contribution in [2.24, 2.45) is 0 Å². The largest absolute Gasteiger partial charge is 0.354 e. The van der Waals surface area contributed by atoms with Crippen molar-refractivity contribution in [3.05, 3.63) is 58.1 Å². The quantitative estimate of drug-likeness (QED) is 0.632. The van der Waals surface area contributed by atoms with Crippen LogP contribution in [0.3, 0.4) is 0 Å². The lowest BCUT2D eigenvalue weighted by atomic mass is 10.2. The first kappa shape index (κ1) is 20.2. The number of nitrogens with one attached hydrogen (secondary N) is 1. The number of amides is 1. The number of hydrogen-bond donors (Lipinski definition) is 1. The van der Waals surface area contributed by atoms with Gasteiger partial charge in [-0.05, 0) is 48.7 Å². The SMILES string of the molecule is Cc1cc(Br)ccc1SCC(=O)NCCS(=O)(=O)N1CCc2ccccc21. The smallest absolute Gasteiger partial charge is 0.236 e. The Kier molecular flexibility index (Phi) is 6.49. The Morgan fingerprint density at radius 3 is 2.81 bits per heavy atom. The lowest BCUT2D eigenvalue weighted by Crippen LogP contribution is -2.37. The molecule has 0 saturated carbocycles. The van der Waals surface area contributed by atoms with Gasteiger partial charge >= 0.3 is 0 Å². The van der Waals surface area contributed by atoms with Gasteiger partial charge in [0.1, 0.15) is 0 Å². The summed E-state index contributed by atoms with van der Waals surface area (Å²) in [4.78, 5) is 13.1. The zero-order valence-corrected chi connectivity index (χ0v) is 18.2. The Balaban J connectivity index is 1.48. The molecule has 144 valence electrons. The van der Waals surface area contributed by atoms with E-state index >= 15 is 0 Å². The van der Waals surface area contributed by atoms with Crippen LogP contribution in [0.15, 0.2) is 51.8 Å². The van der Waals surface area contributed by atoms with Gasteiger partial charge in [-0.15, -0.1) is 11.8 Å². The second-order valence-corrected chi connectivity index (χ2v) is 10.3. The van der Waals surface area contributed by atoms with Crippen molar-refractivity contribution < 1.29 is 13.2 Å². The first-order valence-electron chi connectivity index (χ1n) is 8.61. The first-order chi connectivity index (χ1) is 12.9. The number of thioether (sulfide) groups is 1. The van der Waals surface area contributed by atoms with Crippen LogP contribution in [0.5, 0.6) is 0 Å². The summed E-state index contributed by atoms with van der Waals surface area (Å²) in [5.41, 5.74) is 2.90. The summed E-state index contributed by atoms with van der Waals surface area (Å²) >= 11 is 4.86. The van der Waals surface area contributed by atoms with Crippen molar-refractivity contribution in [1.29, 1.82) is 0 Å². The molecule has 0 atom stereocenters. The van der Waals surface area contributed by atoms with Gasteiger partial charge in [0.05, 0.1) is 17.2 Å². The normalized spacial score (nSPS) is 13.5. The maximum absolute atomic E-state index is 12.6. The molecule has 2 aromatic rings. The molecule has 8 heteroatoms. The maximum atomic E-state index is 12.6. The molecule has 0 unspecified atom stereocenters. The molecule has 0 radical (unpaired) electrons. The third kappa shape index (κ3) is 5.06. The fourth-order valence-electron chi connectivity index (χ4n) is 3.00. The Hall–Kier alpha value is -1.51. The van der Waals surface area contributed by atoms with Crippen LogP contribution in [0.4, 0.5) is 5.69 Å². The Morgan fingerprint density at radius 1 is 1.26 bits per heavy atom. The molecule has 0 spiro atoms. The monoisotopic (exact) mass is 468 g/mol. The van der Waals surface area contributed by atoms with Crippen LogP contribution in [-0.2, 0) is 21.2 Å². The number of carbonyl (C=O) groups is 1. The second kappa shape index (κ2) is 8.67. The molecule has 0 saturated heterocycles. The topological polar surface area (TPSA) is 66.5 Å². The number of halogens is 1. The van der Waals surface area contributed by atoms with Gasteiger partial charge in [0.25, 0.3) is 0 Å². The zero-order chi connectivity index (χ0) is 19.4. The van der Waals surface area contributed by atoms with Gasteiger partial charge in [0.15, 0.2) is 0 Å². The number of anilines is 1. The number of carbonyl (C=O) groups excluding carboxylic acids is 1. The highest BCUT2D eigenvalue weighted by Crippen LogP contribution is 2.30. The zero-order valence-electron chi connectivity index (χ0n) is 14.9. The number of rotatable bonds is 7. The van der Waals surface area contributed by atoms with Crippen LogP contribution in [0.25, 0.3) is 0 Å². The highest BCUT2D eigenvalue weighted by molar-refractivity contribution is 9.10. The summed E-state index contributed by atoms with van der Waals surface area (Å²) in [6, 6.07) is 13.4. The van der Waals surface area contributed by atoms with Crippen LogP contribution in [0.2, 0.25) is 0 Å². The standard InChI is InChI=1S/C19H21BrN2O3S2/c1-14-12-16(20)6-7-18(14)26-13-19(23)21-9-11-27(24,25)22-10-8-15-4-2-3-5-17(15)22/h2-7,12H,8-11,13H2,1H3,(H,21,23). The average molecular weight is 469 g/mol. The van der Waals surface area contributed by atoms with Gasteiger partial charge in [-0.3, -0.25) is 9.10 Å². The number of aryl methyl sites for hydroxylation is 1. The third-order valence-corrected chi connectivity index (χ3v) is 7.80. The molecule has 0 bridgehead atoms. The van der Waals surface area contributed by atoms with Crippen molar-refractivity contribution in [3.8, 4) is 0 Å². The van der Waals surface area contributed by atoms with Crippen molar-refractivity contribution in [2.45, 2.75) is 18.2 Å². The summed E-state index contributed by atoms with van der Waals surface area (Å²) < 4.78 is 27.7. The lowest BCUT2D eigenvalue weighted by molar-refractivity contribution is -0.118. The van der Waals surface area contributed by atoms with Crippen molar-refractivity contribution in [2.75, 3.05) is 28.9 Å². The Bertz CT molecular complexity index is 948. The van der Waals surface area contributed by atoms with E-state index in [2.05, 4.69) is 21.2 Å². The second-order valence-electron chi connectivity index (χ2n) is 6.32. The van der Waals surface area contributed by atoms with E-state index in [0.717, 1.165) is 32.6 Å². The predicted octanol–water partition coefficient (Wildman–Crippen LogP) is 3.36. The van der Waals surface area contributed by atoms with E-state index in [-0.39, 0.29) is 24.0 Å². The van der Waals surface area contributed by atoms with Gasteiger partial charge in [0, 0.05) is 22.5 Å². The summed E-state index contributed by atoms with van der Waals surface area (Å²) in [6.45, 7) is 2.57. The molecule has 0 fully saturated rings. The molecule has 3 rings (SSSR count). The molecule has 1 aliphatic heterocycles. The molecule has 5 nitrogen and oxygen atoms in total. The van der Waals surface area contributed by atoms with Gasteiger partial charge in [0.2, 0.25) is 15.9 Å². The Labute approximate surface area is 172 Å². The fourth-order valence-corrected chi connectivity index (χ4v) is 5.74. The van der Waals surface area contributed by atoms with Crippen LogP contribution in [0.1, 0.15) is 11.1 Å². The van der Waals surface area contributed by atoms with Gasteiger partial charge in [-0.25, -0.2) is 8.42 Å². The number of nitrogens with zero attached hydrogens (tertiary/aromatic N) is 1. The van der Waals surface area contributed by atoms with Gasteiger partial charge in [-0.2, -0.15) is 0 Å². The van der Waals surface area contributed by atoms with E-state index in [1.165, 1.54) is 16.1 Å². The van der Waals surface area contributed by atoms with E-state index in [1.807, 2.05) is 49.4 Å². The fraction of sp³-hybridized carbons (Fsp3) is 0.316. The number of benzene rings is 2. The van der Waals surface area contributed by atoms with Gasteiger partial charge < -0.3 is 5.32 Å². The van der Waals surface area contributed by atoms with E-state index in [4.69, 9.17) is 0 Å². The number of hydrogen-bond acceptors (Lipinski definition) is 4. The minimum absolute atomic E-state index is 0.102. The van der Waals surface area contributed by atoms with Gasteiger partial charge in [-0.1, -0.05) is 34.1 Å². The van der Waals surface area contributed by atoms with Crippen molar-refractivity contribution in [1.82, 2.24) is 5.32 Å². The number of para-hydroxylation sites is 1. The van der Waals surface area contributed by atoms with Crippen LogP contribution >= 0.6 is 27.7 Å². The minimum Gasteiger partial charge on any atom is -0.354 e. The van der Waals surface area contributed by atoms with Crippen LogP contribution in [0, 0.1) is 6.92 Å². The van der Waals surface area contributed by atoms with Crippen molar-refractivity contribution in [3.63, 3.8) is 0 Å². The highest BCUT2D eigenvalue weighted by Gasteiger charge is 2.28. The summed E-state index contributed by atoms with van der Waals surface area (Å²) in [5.74, 6) is -0.0104. The molecule has 0 aliphatic carbocycles. The molecule has 0 aromatic heterocycles. The Morgan fingerprint density at radius 2 is 2.04 bits per heavy atom. The van der Waals surface area contributed by atoms with E-state index < -0.39 is 10.0 Å². The minimum atomic E-state index is -3.44.